The van der Waals surface area contributed by atoms with Gasteiger partial charge in [-0.3, -0.25) is 14.5 Å². The largest absolute Gasteiger partial charge is 0.272 e. The number of unbranched alkanes of at least 4 members (excludes halogenated alkanes) is 3. The van der Waals surface area contributed by atoms with Gasteiger partial charge >= 0.3 is 0 Å². The van der Waals surface area contributed by atoms with Crippen LogP contribution in [0.15, 0.2) is 12.2 Å². The van der Waals surface area contributed by atoms with E-state index in [-0.39, 0.29) is 17.9 Å². The third kappa shape index (κ3) is 4.29. The second kappa shape index (κ2) is 9.39. The number of carbonyl (C=O) groups excluding carboxylic acids is 2. The first-order valence-electron chi connectivity index (χ1n) is 10.2. The minimum Gasteiger partial charge on any atom is -0.272 e. The summed E-state index contributed by atoms with van der Waals surface area (Å²) in [6.45, 7) is 6.73. The summed E-state index contributed by atoms with van der Waals surface area (Å²) in [5.74, 6) is 1.71. The molecular weight excluding hydrogens is 298 g/mol. The van der Waals surface area contributed by atoms with Crippen LogP contribution in [0.4, 0.5) is 0 Å². The van der Waals surface area contributed by atoms with Crippen LogP contribution in [-0.2, 0) is 9.59 Å². The molecule has 1 heterocycles. The second-order valence-corrected chi connectivity index (χ2v) is 7.70. The number of carbonyl (C=O) groups is 2. The van der Waals surface area contributed by atoms with Crippen molar-refractivity contribution in [2.45, 2.75) is 91.0 Å². The molecule has 1 aliphatic carbocycles. The maximum atomic E-state index is 12.3. The Morgan fingerprint density at radius 3 is 1.88 bits per heavy atom. The van der Waals surface area contributed by atoms with Crippen molar-refractivity contribution in [3.8, 4) is 0 Å². The van der Waals surface area contributed by atoms with Crippen molar-refractivity contribution in [3.05, 3.63) is 12.2 Å². The normalized spacial score (nSPS) is 29.9. The first-order valence-corrected chi connectivity index (χ1v) is 10.2. The molecule has 0 unspecified atom stereocenters. The maximum absolute atomic E-state index is 12.3. The average Bonchev–Trinajstić information content (AvgIpc) is 3.08. The molecule has 136 valence electrons. The molecule has 3 nitrogen and oxygen atoms in total. The Labute approximate surface area is 147 Å². The van der Waals surface area contributed by atoms with Crippen LogP contribution in [0.5, 0.6) is 0 Å². The molecule has 24 heavy (non-hydrogen) atoms. The van der Waals surface area contributed by atoms with Crippen molar-refractivity contribution in [2.75, 3.05) is 0 Å². The number of hydrogen-bond acceptors (Lipinski definition) is 2. The van der Waals surface area contributed by atoms with Gasteiger partial charge < -0.3 is 0 Å². The zero-order valence-electron chi connectivity index (χ0n) is 15.8. The molecule has 0 bridgehead atoms. The van der Waals surface area contributed by atoms with E-state index in [0.717, 1.165) is 12.8 Å². The van der Waals surface area contributed by atoms with Crippen LogP contribution in [0, 0.1) is 17.8 Å². The summed E-state index contributed by atoms with van der Waals surface area (Å²) in [4.78, 5) is 26.1. The van der Waals surface area contributed by atoms with Crippen LogP contribution >= 0.6 is 0 Å². The summed E-state index contributed by atoms with van der Waals surface area (Å²) < 4.78 is 0. The maximum Gasteiger partial charge on any atom is 0.253 e. The number of rotatable bonds is 10. The Kier molecular flexibility index (Phi) is 7.51. The zero-order valence-corrected chi connectivity index (χ0v) is 15.8. The molecule has 0 N–H and O–H groups in total. The van der Waals surface area contributed by atoms with Crippen LogP contribution in [-0.4, -0.2) is 22.8 Å². The van der Waals surface area contributed by atoms with Gasteiger partial charge in [0.1, 0.15) is 0 Å². The minimum atomic E-state index is -0.0862. The van der Waals surface area contributed by atoms with E-state index in [1.165, 1.54) is 63.5 Å². The van der Waals surface area contributed by atoms with Crippen molar-refractivity contribution in [3.63, 3.8) is 0 Å². The van der Waals surface area contributed by atoms with Gasteiger partial charge in [0.05, 0.1) is 0 Å². The molecule has 0 aromatic rings. The first-order chi connectivity index (χ1) is 11.6. The van der Waals surface area contributed by atoms with Gasteiger partial charge in [0.2, 0.25) is 0 Å². The third-order valence-corrected chi connectivity index (χ3v) is 6.08. The van der Waals surface area contributed by atoms with E-state index in [9.17, 15) is 9.59 Å². The highest BCUT2D eigenvalue weighted by atomic mass is 16.2. The van der Waals surface area contributed by atoms with Gasteiger partial charge in [-0.1, -0.05) is 65.7 Å². The Hall–Kier alpha value is -1.12. The molecule has 1 aliphatic heterocycles. The van der Waals surface area contributed by atoms with Gasteiger partial charge in [0.15, 0.2) is 0 Å². The topological polar surface area (TPSA) is 37.4 Å². The molecule has 2 rings (SSSR count). The van der Waals surface area contributed by atoms with Gasteiger partial charge in [-0.2, -0.15) is 0 Å². The predicted molar refractivity (Wildman–Crippen MR) is 98.4 cm³/mol. The Bertz CT molecular complexity index is 439. The molecule has 1 saturated carbocycles. The van der Waals surface area contributed by atoms with E-state index in [4.69, 9.17) is 0 Å². The molecule has 0 saturated heterocycles. The van der Waals surface area contributed by atoms with Gasteiger partial charge in [0.25, 0.3) is 11.8 Å². The fourth-order valence-electron chi connectivity index (χ4n) is 4.86. The Morgan fingerprint density at radius 1 is 0.833 bits per heavy atom. The summed E-state index contributed by atoms with van der Waals surface area (Å²) in [5, 5.41) is 0. The summed E-state index contributed by atoms with van der Waals surface area (Å²) in [6, 6.07) is 0.135. The number of imide groups is 1. The zero-order chi connectivity index (χ0) is 17.5. The number of nitrogens with zero attached hydrogens (tertiary/aromatic N) is 1. The van der Waals surface area contributed by atoms with Crippen LogP contribution in [0.2, 0.25) is 0 Å². The average molecular weight is 334 g/mol. The summed E-state index contributed by atoms with van der Waals surface area (Å²) >= 11 is 0. The number of hydrogen-bond donors (Lipinski definition) is 0. The molecule has 2 aliphatic rings. The van der Waals surface area contributed by atoms with Gasteiger partial charge in [0, 0.05) is 18.2 Å². The van der Waals surface area contributed by atoms with Crippen LogP contribution < -0.4 is 0 Å². The lowest BCUT2D eigenvalue weighted by Crippen LogP contribution is -2.43. The first kappa shape index (κ1) is 19.2. The summed E-state index contributed by atoms with van der Waals surface area (Å²) in [7, 11) is 0. The molecule has 2 amide bonds. The monoisotopic (exact) mass is 333 g/mol. The van der Waals surface area contributed by atoms with E-state index >= 15 is 0 Å². The van der Waals surface area contributed by atoms with E-state index in [1.54, 1.807) is 4.90 Å². The van der Waals surface area contributed by atoms with Crippen molar-refractivity contribution < 1.29 is 9.59 Å². The van der Waals surface area contributed by atoms with Crippen molar-refractivity contribution in [2.24, 2.45) is 17.8 Å². The smallest absolute Gasteiger partial charge is 0.253 e. The molecule has 0 spiro atoms. The lowest BCUT2D eigenvalue weighted by Gasteiger charge is -2.31. The van der Waals surface area contributed by atoms with Crippen molar-refractivity contribution in [1.82, 2.24) is 4.90 Å². The van der Waals surface area contributed by atoms with Gasteiger partial charge in [-0.05, 0) is 37.0 Å². The molecule has 0 radical (unpaired) electrons. The lowest BCUT2D eigenvalue weighted by atomic mass is 9.80. The quantitative estimate of drug-likeness (QED) is 0.521. The van der Waals surface area contributed by atoms with Crippen molar-refractivity contribution >= 4 is 11.8 Å². The summed E-state index contributed by atoms with van der Waals surface area (Å²) in [6.07, 6.45) is 15.0. The molecule has 1 fully saturated rings. The minimum absolute atomic E-state index is 0.0862. The highest BCUT2D eigenvalue weighted by Gasteiger charge is 2.47. The van der Waals surface area contributed by atoms with Crippen LogP contribution in [0.1, 0.15) is 85.0 Å². The Balaban J connectivity index is 2.19. The third-order valence-electron chi connectivity index (χ3n) is 6.08. The SMILES string of the molecule is CCCC[C@H]1C[C@H](N2C(=O)C=CC2=O)[C@H](CCCC)[C@H]1CCCC. The van der Waals surface area contributed by atoms with Crippen LogP contribution in [0.3, 0.4) is 0 Å². The molecule has 0 aromatic heterocycles. The lowest BCUT2D eigenvalue weighted by molar-refractivity contribution is -0.140. The van der Waals surface area contributed by atoms with Gasteiger partial charge in [-0.15, -0.1) is 0 Å². The summed E-state index contributed by atoms with van der Waals surface area (Å²) in [5.41, 5.74) is 0. The second-order valence-electron chi connectivity index (χ2n) is 7.70. The van der Waals surface area contributed by atoms with E-state index in [2.05, 4.69) is 20.8 Å². The Morgan fingerprint density at radius 2 is 1.33 bits per heavy atom. The highest BCUT2D eigenvalue weighted by molar-refractivity contribution is 6.13. The molecule has 3 heteroatoms. The van der Waals surface area contributed by atoms with Gasteiger partial charge in [-0.25, -0.2) is 0 Å². The fourth-order valence-corrected chi connectivity index (χ4v) is 4.86. The van der Waals surface area contributed by atoms with Crippen molar-refractivity contribution in [1.29, 1.82) is 0 Å². The van der Waals surface area contributed by atoms with E-state index < -0.39 is 0 Å². The molecular formula is C21H35NO2. The molecule has 0 aromatic carbocycles. The van der Waals surface area contributed by atoms with E-state index in [0.29, 0.717) is 17.8 Å². The highest BCUT2D eigenvalue weighted by Crippen LogP contribution is 2.47. The standard InChI is InChI=1S/C21H35NO2/c1-4-7-10-16-15-19(22-20(23)13-14-21(22)24)18(12-9-6-3)17(16)11-8-5-2/h13-14,16-19H,4-12,15H2,1-3H3/t16-,17-,18+,19-/m0/s1. The molecule has 4 atom stereocenters. The fraction of sp³-hybridized carbons (Fsp3) is 0.810. The predicted octanol–water partition coefficient (Wildman–Crippen LogP) is 5.10. The van der Waals surface area contributed by atoms with Crippen LogP contribution in [0.25, 0.3) is 0 Å². The number of amides is 2. The van der Waals surface area contributed by atoms with E-state index in [1.807, 2.05) is 0 Å².